The van der Waals surface area contributed by atoms with Crippen molar-refractivity contribution in [2.45, 2.75) is 83.7 Å². The smallest absolute Gasteiger partial charge is 0.0521 e. The molecule has 0 amide bonds. The molecule has 20 heavy (non-hydrogen) atoms. The highest BCUT2D eigenvalue weighted by atomic mass is 15.3. The molecule has 114 valence electrons. The molecule has 1 aromatic rings. The molecule has 1 saturated carbocycles. The van der Waals surface area contributed by atoms with Crippen LogP contribution in [0.15, 0.2) is 12.4 Å². The zero-order valence-corrected chi connectivity index (χ0v) is 13.5. The van der Waals surface area contributed by atoms with Gasteiger partial charge >= 0.3 is 0 Å². The Kier molecular flexibility index (Phi) is 5.64. The summed E-state index contributed by atoms with van der Waals surface area (Å²) < 4.78 is 2.23. The van der Waals surface area contributed by atoms with Crippen molar-refractivity contribution in [2.75, 3.05) is 6.54 Å². The number of nitrogens with zero attached hydrogens (tertiary/aromatic N) is 2. The molecular formula is C17H31N3. The van der Waals surface area contributed by atoms with Crippen LogP contribution in [0.4, 0.5) is 0 Å². The highest BCUT2D eigenvalue weighted by molar-refractivity contribution is 5.04. The lowest BCUT2D eigenvalue weighted by Crippen LogP contribution is -2.36. The Morgan fingerprint density at radius 1 is 1.20 bits per heavy atom. The summed E-state index contributed by atoms with van der Waals surface area (Å²) in [7, 11) is 0. The van der Waals surface area contributed by atoms with Crippen LogP contribution in [0.1, 0.15) is 77.3 Å². The maximum Gasteiger partial charge on any atom is 0.0521 e. The van der Waals surface area contributed by atoms with Crippen LogP contribution in [0.3, 0.4) is 0 Å². The average Bonchev–Trinajstić information content (AvgIpc) is 2.67. The number of nitrogens with one attached hydrogen (secondary N) is 1. The van der Waals surface area contributed by atoms with Crippen molar-refractivity contribution in [1.82, 2.24) is 15.1 Å². The molecule has 1 aromatic heterocycles. The Labute approximate surface area is 124 Å². The van der Waals surface area contributed by atoms with Crippen molar-refractivity contribution in [3.05, 3.63) is 18.0 Å². The van der Waals surface area contributed by atoms with E-state index < -0.39 is 0 Å². The fourth-order valence-corrected chi connectivity index (χ4v) is 2.98. The van der Waals surface area contributed by atoms with E-state index in [1.165, 1.54) is 50.5 Å². The molecule has 0 aromatic carbocycles. The fourth-order valence-electron chi connectivity index (χ4n) is 2.98. The van der Waals surface area contributed by atoms with Gasteiger partial charge in [-0.3, -0.25) is 4.68 Å². The summed E-state index contributed by atoms with van der Waals surface area (Å²) in [5, 5.41) is 8.15. The van der Waals surface area contributed by atoms with E-state index in [2.05, 4.69) is 48.3 Å². The van der Waals surface area contributed by atoms with E-state index in [1.54, 1.807) is 0 Å². The molecule has 0 saturated heterocycles. The van der Waals surface area contributed by atoms with Crippen LogP contribution in [-0.4, -0.2) is 21.9 Å². The third-order valence-corrected chi connectivity index (χ3v) is 4.15. The molecular weight excluding hydrogens is 246 g/mol. The molecule has 1 N–H and O–H groups in total. The molecule has 0 aliphatic heterocycles. The van der Waals surface area contributed by atoms with Gasteiger partial charge in [0.05, 0.1) is 12.2 Å². The van der Waals surface area contributed by atoms with Crippen molar-refractivity contribution in [3.8, 4) is 0 Å². The summed E-state index contributed by atoms with van der Waals surface area (Å²) in [5.74, 6) is 0. The van der Waals surface area contributed by atoms with Crippen LogP contribution < -0.4 is 5.32 Å². The Morgan fingerprint density at radius 3 is 2.55 bits per heavy atom. The predicted octanol–water partition coefficient (Wildman–Crippen LogP) is 4.10. The molecule has 0 atom stereocenters. The second-order valence-electron chi connectivity index (χ2n) is 7.25. The van der Waals surface area contributed by atoms with Gasteiger partial charge in [0.2, 0.25) is 0 Å². The third kappa shape index (κ3) is 5.28. The lowest BCUT2D eigenvalue weighted by Gasteiger charge is -2.20. The largest absolute Gasteiger partial charge is 0.312 e. The first kappa shape index (κ1) is 15.6. The van der Waals surface area contributed by atoms with Gasteiger partial charge in [-0.2, -0.15) is 5.10 Å². The number of aryl methyl sites for hydroxylation is 1. The molecule has 2 rings (SSSR count). The predicted molar refractivity (Wildman–Crippen MR) is 85.0 cm³/mol. The Morgan fingerprint density at radius 2 is 1.90 bits per heavy atom. The lowest BCUT2D eigenvalue weighted by molar-refractivity contribution is 0.405. The summed E-state index contributed by atoms with van der Waals surface area (Å²) in [4.78, 5) is 0. The first-order chi connectivity index (χ1) is 9.54. The van der Waals surface area contributed by atoms with E-state index in [4.69, 9.17) is 0 Å². The monoisotopic (exact) mass is 277 g/mol. The topological polar surface area (TPSA) is 29.9 Å². The SMILES string of the molecule is CC(C)(C)NCCCc1cnn(C2CCCCCC2)c1. The number of hydrogen-bond acceptors (Lipinski definition) is 2. The van der Waals surface area contributed by atoms with Gasteiger partial charge < -0.3 is 5.32 Å². The van der Waals surface area contributed by atoms with Crippen LogP contribution in [0, 0.1) is 0 Å². The van der Waals surface area contributed by atoms with Gasteiger partial charge in [-0.1, -0.05) is 25.7 Å². The summed E-state index contributed by atoms with van der Waals surface area (Å²) in [6.07, 6.45) is 14.9. The maximum atomic E-state index is 4.61. The highest BCUT2D eigenvalue weighted by Gasteiger charge is 2.15. The van der Waals surface area contributed by atoms with Gasteiger partial charge in [0.1, 0.15) is 0 Å². The van der Waals surface area contributed by atoms with Crippen LogP contribution in [0.25, 0.3) is 0 Å². The second-order valence-corrected chi connectivity index (χ2v) is 7.25. The zero-order valence-electron chi connectivity index (χ0n) is 13.5. The molecule has 1 aliphatic carbocycles. The number of hydrogen-bond donors (Lipinski definition) is 1. The summed E-state index contributed by atoms with van der Waals surface area (Å²) in [5.41, 5.74) is 1.62. The zero-order chi connectivity index (χ0) is 14.4. The molecule has 3 heteroatoms. The average molecular weight is 277 g/mol. The Hall–Kier alpha value is -0.830. The molecule has 0 bridgehead atoms. The lowest BCUT2D eigenvalue weighted by atomic mass is 10.1. The van der Waals surface area contributed by atoms with Crippen molar-refractivity contribution in [3.63, 3.8) is 0 Å². The van der Waals surface area contributed by atoms with E-state index in [9.17, 15) is 0 Å². The highest BCUT2D eigenvalue weighted by Crippen LogP contribution is 2.26. The summed E-state index contributed by atoms with van der Waals surface area (Å²) in [6.45, 7) is 7.74. The minimum absolute atomic E-state index is 0.227. The van der Waals surface area contributed by atoms with Crippen molar-refractivity contribution < 1.29 is 0 Å². The van der Waals surface area contributed by atoms with Crippen molar-refractivity contribution in [1.29, 1.82) is 0 Å². The van der Waals surface area contributed by atoms with Crippen LogP contribution >= 0.6 is 0 Å². The van der Waals surface area contributed by atoms with Gasteiger partial charge in [-0.05, 0) is 58.6 Å². The molecule has 1 aliphatic rings. The molecule has 0 spiro atoms. The van der Waals surface area contributed by atoms with Gasteiger partial charge in [0.15, 0.2) is 0 Å². The summed E-state index contributed by atoms with van der Waals surface area (Å²) in [6, 6.07) is 0.652. The number of rotatable bonds is 5. The standard InChI is InChI=1S/C17H31N3/c1-17(2,3)18-12-8-9-15-13-19-20(14-15)16-10-6-4-5-7-11-16/h13-14,16,18H,4-12H2,1-3H3. The van der Waals surface area contributed by atoms with Gasteiger partial charge in [0.25, 0.3) is 0 Å². The second kappa shape index (κ2) is 7.26. The molecule has 1 fully saturated rings. The first-order valence-electron chi connectivity index (χ1n) is 8.33. The van der Waals surface area contributed by atoms with Crippen LogP contribution in [0.2, 0.25) is 0 Å². The molecule has 0 unspecified atom stereocenters. The van der Waals surface area contributed by atoms with Crippen LogP contribution in [0.5, 0.6) is 0 Å². The van der Waals surface area contributed by atoms with Gasteiger partial charge in [-0.25, -0.2) is 0 Å². The first-order valence-corrected chi connectivity index (χ1v) is 8.33. The van der Waals surface area contributed by atoms with Crippen LogP contribution in [-0.2, 0) is 6.42 Å². The minimum Gasteiger partial charge on any atom is -0.312 e. The maximum absolute atomic E-state index is 4.61. The minimum atomic E-state index is 0.227. The third-order valence-electron chi connectivity index (χ3n) is 4.15. The Balaban J connectivity index is 1.77. The van der Waals surface area contributed by atoms with Gasteiger partial charge in [-0.15, -0.1) is 0 Å². The summed E-state index contributed by atoms with van der Waals surface area (Å²) >= 11 is 0. The van der Waals surface area contributed by atoms with Gasteiger partial charge in [0, 0.05) is 11.7 Å². The molecule has 3 nitrogen and oxygen atoms in total. The van der Waals surface area contributed by atoms with E-state index >= 15 is 0 Å². The van der Waals surface area contributed by atoms with Crippen molar-refractivity contribution in [2.24, 2.45) is 0 Å². The molecule has 0 radical (unpaired) electrons. The van der Waals surface area contributed by atoms with E-state index in [-0.39, 0.29) is 5.54 Å². The Bertz CT molecular complexity index is 381. The number of aromatic nitrogens is 2. The van der Waals surface area contributed by atoms with E-state index in [1.807, 2.05) is 0 Å². The molecule has 1 heterocycles. The normalized spacial score (nSPS) is 18.1. The van der Waals surface area contributed by atoms with E-state index in [0.717, 1.165) is 13.0 Å². The fraction of sp³-hybridized carbons (Fsp3) is 0.824. The quantitative estimate of drug-likeness (QED) is 0.648. The van der Waals surface area contributed by atoms with E-state index in [0.29, 0.717) is 6.04 Å². The van der Waals surface area contributed by atoms with Crippen molar-refractivity contribution >= 4 is 0 Å².